The molecule has 120 valence electrons. The van der Waals surface area contributed by atoms with Gasteiger partial charge in [-0.05, 0) is 69.9 Å². The summed E-state index contributed by atoms with van der Waals surface area (Å²) in [7, 11) is 0. The van der Waals surface area contributed by atoms with Crippen molar-refractivity contribution in [2.45, 2.75) is 51.6 Å². The smallest absolute Gasteiger partial charge is 0.0886 e. The first-order valence-corrected chi connectivity index (χ1v) is 9.09. The van der Waals surface area contributed by atoms with E-state index >= 15 is 0 Å². The molecule has 1 aromatic carbocycles. The maximum absolute atomic E-state index is 2.72. The topological polar surface area (TPSA) is 6.48 Å². The van der Waals surface area contributed by atoms with E-state index in [1.165, 1.54) is 75.8 Å². The molecule has 2 saturated heterocycles. The van der Waals surface area contributed by atoms with Crippen molar-refractivity contribution in [2.24, 2.45) is 0 Å². The van der Waals surface area contributed by atoms with E-state index in [0.29, 0.717) is 6.17 Å². The van der Waals surface area contributed by atoms with Crippen molar-refractivity contribution in [1.82, 2.24) is 9.80 Å². The number of benzene rings is 1. The van der Waals surface area contributed by atoms with E-state index in [9.17, 15) is 0 Å². The zero-order valence-electron chi connectivity index (χ0n) is 14.0. The van der Waals surface area contributed by atoms with E-state index in [-0.39, 0.29) is 0 Å². The van der Waals surface area contributed by atoms with Crippen molar-refractivity contribution in [3.8, 4) is 0 Å². The van der Waals surface area contributed by atoms with E-state index in [0.717, 1.165) is 0 Å². The van der Waals surface area contributed by atoms with Gasteiger partial charge in [0.25, 0.3) is 0 Å². The third kappa shape index (κ3) is 3.80. The van der Waals surface area contributed by atoms with Crippen molar-refractivity contribution < 1.29 is 0 Å². The first-order valence-electron chi connectivity index (χ1n) is 9.09. The van der Waals surface area contributed by atoms with Crippen LogP contribution in [0.15, 0.2) is 30.3 Å². The van der Waals surface area contributed by atoms with Crippen LogP contribution >= 0.6 is 0 Å². The Hall–Kier alpha value is -1.12. The van der Waals surface area contributed by atoms with Crippen molar-refractivity contribution in [3.05, 3.63) is 41.5 Å². The minimum absolute atomic E-state index is 0.500. The molecule has 2 heteroatoms. The second kappa shape index (κ2) is 7.94. The largest absolute Gasteiger partial charge is 0.284 e. The van der Waals surface area contributed by atoms with Crippen LogP contribution in [0.5, 0.6) is 0 Å². The Morgan fingerprint density at radius 1 is 0.773 bits per heavy atom. The highest BCUT2D eigenvalue weighted by Gasteiger charge is 2.28. The number of allylic oxidation sites excluding steroid dienone is 1. The predicted octanol–water partition coefficient (Wildman–Crippen LogP) is 4.69. The van der Waals surface area contributed by atoms with Gasteiger partial charge < -0.3 is 0 Å². The maximum Gasteiger partial charge on any atom is 0.0886 e. The lowest BCUT2D eigenvalue weighted by Crippen LogP contribution is -2.45. The zero-order valence-corrected chi connectivity index (χ0v) is 14.0. The number of likely N-dealkylation sites (tertiary alicyclic amines) is 2. The van der Waals surface area contributed by atoms with E-state index in [1.807, 2.05) is 0 Å². The highest BCUT2D eigenvalue weighted by Crippen LogP contribution is 2.30. The number of hydrogen-bond donors (Lipinski definition) is 0. The Labute approximate surface area is 135 Å². The van der Waals surface area contributed by atoms with Crippen LogP contribution in [0.1, 0.15) is 62.7 Å². The van der Waals surface area contributed by atoms with Gasteiger partial charge in [-0.1, -0.05) is 49.3 Å². The van der Waals surface area contributed by atoms with Crippen LogP contribution in [-0.4, -0.2) is 36.0 Å². The zero-order chi connectivity index (χ0) is 15.2. The molecule has 2 fully saturated rings. The van der Waals surface area contributed by atoms with E-state index in [1.54, 1.807) is 0 Å². The lowest BCUT2D eigenvalue weighted by atomic mass is 10.0. The molecular weight excluding hydrogens is 268 g/mol. The summed E-state index contributed by atoms with van der Waals surface area (Å²) in [5.74, 6) is 0. The standard InChI is InChI=1S/C20H30N2/c1-2-9-18-10-12-19(13-11-18)20(21-14-5-3-6-15-21)22-16-7-4-8-17-22/h2,9-13,20H,3-8,14-17H2,1H3. The molecule has 0 amide bonds. The normalized spacial score (nSPS) is 21.7. The van der Waals surface area contributed by atoms with Crippen molar-refractivity contribution in [1.29, 1.82) is 0 Å². The van der Waals surface area contributed by atoms with Crippen LogP contribution in [0.25, 0.3) is 6.08 Å². The number of nitrogens with zero attached hydrogens (tertiary/aromatic N) is 2. The summed E-state index contributed by atoms with van der Waals surface area (Å²) in [5, 5.41) is 0. The van der Waals surface area contributed by atoms with Gasteiger partial charge in [-0.2, -0.15) is 0 Å². The first-order chi connectivity index (χ1) is 10.9. The van der Waals surface area contributed by atoms with Crippen LogP contribution < -0.4 is 0 Å². The number of hydrogen-bond acceptors (Lipinski definition) is 2. The van der Waals surface area contributed by atoms with Crippen molar-refractivity contribution in [2.75, 3.05) is 26.2 Å². The van der Waals surface area contributed by atoms with E-state index < -0.39 is 0 Å². The molecule has 1 aromatic rings. The highest BCUT2D eigenvalue weighted by molar-refractivity contribution is 5.49. The number of rotatable bonds is 4. The fourth-order valence-corrected chi connectivity index (χ4v) is 3.95. The highest BCUT2D eigenvalue weighted by atomic mass is 15.4. The SMILES string of the molecule is CC=Cc1ccc(C(N2CCCCC2)N2CCCCC2)cc1. The van der Waals surface area contributed by atoms with Crippen molar-refractivity contribution in [3.63, 3.8) is 0 Å². The van der Waals surface area contributed by atoms with Crippen LogP contribution in [-0.2, 0) is 0 Å². The quantitative estimate of drug-likeness (QED) is 0.795. The monoisotopic (exact) mass is 298 g/mol. The first kappa shape index (κ1) is 15.8. The second-order valence-corrected chi connectivity index (χ2v) is 6.73. The molecule has 0 saturated carbocycles. The average Bonchev–Trinajstić information content (AvgIpc) is 2.59. The molecule has 0 N–H and O–H groups in total. The van der Waals surface area contributed by atoms with E-state index in [4.69, 9.17) is 0 Å². The summed E-state index contributed by atoms with van der Waals surface area (Å²) in [4.78, 5) is 5.44. The molecular formula is C20H30N2. The summed E-state index contributed by atoms with van der Waals surface area (Å²) < 4.78 is 0. The summed E-state index contributed by atoms with van der Waals surface area (Å²) in [6.45, 7) is 7.13. The van der Waals surface area contributed by atoms with Crippen LogP contribution in [0.4, 0.5) is 0 Å². The van der Waals surface area contributed by atoms with Crippen LogP contribution in [0, 0.1) is 0 Å². The minimum Gasteiger partial charge on any atom is -0.284 e. The van der Waals surface area contributed by atoms with Gasteiger partial charge >= 0.3 is 0 Å². The Morgan fingerprint density at radius 2 is 1.27 bits per heavy atom. The summed E-state index contributed by atoms with van der Waals surface area (Å²) in [5.41, 5.74) is 2.79. The molecule has 0 bridgehead atoms. The van der Waals surface area contributed by atoms with Crippen LogP contribution in [0.3, 0.4) is 0 Å². The van der Waals surface area contributed by atoms with Gasteiger partial charge in [-0.15, -0.1) is 0 Å². The fourth-order valence-electron chi connectivity index (χ4n) is 3.95. The Bertz CT molecular complexity index is 447. The minimum atomic E-state index is 0.500. The van der Waals surface area contributed by atoms with Gasteiger partial charge in [-0.25, -0.2) is 0 Å². The van der Waals surface area contributed by atoms with Crippen molar-refractivity contribution >= 4 is 6.08 Å². The molecule has 0 radical (unpaired) electrons. The Kier molecular flexibility index (Phi) is 5.69. The van der Waals surface area contributed by atoms with Gasteiger partial charge in [0.2, 0.25) is 0 Å². The lowest BCUT2D eigenvalue weighted by Gasteiger charge is -2.43. The van der Waals surface area contributed by atoms with Gasteiger partial charge in [0, 0.05) is 0 Å². The number of piperidine rings is 2. The summed E-state index contributed by atoms with van der Waals surface area (Å²) in [6.07, 6.45) is 13.1. The molecule has 3 rings (SSSR count). The third-order valence-corrected chi connectivity index (χ3v) is 5.07. The molecule has 2 heterocycles. The molecule has 2 aliphatic heterocycles. The van der Waals surface area contributed by atoms with Gasteiger partial charge in [-0.3, -0.25) is 9.80 Å². The van der Waals surface area contributed by atoms with Gasteiger partial charge in [0.15, 0.2) is 0 Å². The Balaban J connectivity index is 1.82. The molecule has 2 aliphatic rings. The summed E-state index contributed by atoms with van der Waals surface area (Å²) >= 11 is 0. The molecule has 0 aromatic heterocycles. The maximum atomic E-state index is 2.72. The predicted molar refractivity (Wildman–Crippen MR) is 94.7 cm³/mol. The molecule has 22 heavy (non-hydrogen) atoms. The molecule has 0 spiro atoms. The molecule has 0 atom stereocenters. The molecule has 0 unspecified atom stereocenters. The van der Waals surface area contributed by atoms with E-state index in [2.05, 4.69) is 53.1 Å². The Morgan fingerprint density at radius 3 is 1.73 bits per heavy atom. The molecule has 0 aliphatic carbocycles. The molecule has 2 nitrogen and oxygen atoms in total. The fraction of sp³-hybridized carbons (Fsp3) is 0.600. The van der Waals surface area contributed by atoms with Gasteiger partial charge in [0.05, 0.1) is 6.17 Å². The average molecular weight is 298 g/mol. The second-order valence-electron chi connectivity index (χ2n) is 6.73. The van der Waals surface area contributed by atoms with Crippen LogP contribution in [0.2, 0.25) is 0 Å². The third-order valence-electron chi connectivity index (χ3n) is 5.07. The summed E-state index contributed by atoms with van der Waals surface area (Å²) in [6, 6.07) is 9.25. The van der Waals surface area contributed by atoms with Gasteiger partial charge in [0.1, 0.15) is 0 Å². The lowest BCUT2D eigenvalue weighted by molar-refractivity contribution is 0.0156.